The highest BCUT2D eigenvalue weighted by Crippen LogP contribution is 2.27. The van der Waals surface area contributed by atoms with Crippen LogP contribution in [0.1, 0.15) is 5.56 Å². The van der Waals surface area contributed by atoms with Crippen LogP contribution in [0, 0.1) is 6.92 Å². The van der Waals surface area contributed by atoms with Gasteiger partial charge in [0, 0.05) is 21.4 Å². The number of nitrogens with one attached hydrogen (secondary N) is 4. The fourth-order valence-corrected chi connectivity index (χ4v) is 3.98. The lowest BCUT2D eigenvalue weighted by Gasteiger charge is -2.16. The molecule has 0 bridgehead atoms. The second-order valence-corrected chi connectivity index (χ2v) is 8.94. The Bertz CT molecular complexity index is 1150. The van der Waals surface area contributed by atoms with E-state index in [1.165, 1.54) is 0 Å². The minimum atomic E-state index is 0.402. The molecule has 3 rings (SSSR count). The molecule has 0 aliphatic rings. The van der Waals surface area contributed by atoms with Crippen molar-refractivity contribution in [3.8, 4) is 0 Å². The predicted molar refractivity (Wildman–Crippen MR) is 144 cm³/mol. The number of hydrogen-bond acceptors (Lipinski definition) is 2. The van der Waals surface area contributed by atoms with Crippen LogP contribution in [-0.2, 0) is 0 Å². The van der Waals surface area contributed by atoms with E-state index in [2.05, 4.69) is 21.3 Å². The summed E-state index contributed by atoms with van der Waals surface area (Å²) in [6, 6.07) is 16.0. The maximum absolute atomic E-state index is 6.18. The number of anilines is 4. The van der Waals surface area contributed by atoms with E-state index < -0.39 is 0 Å². The molecule has 10 heteroatoms. The Morgan fingerprint density at radius 3 is 1.55 bits per heavy atom. The number of rotatable bonds is 4. The predicted octanol–water partition coefficient (Wildman–Crippen LogP) is 8.23. The second kappa shape index (κ2) is 10.7. The Morgan fingerprint density at radius 2 is 1.06 bits per heavy atom. The molecule has 3 aromatic rings. The quantitative estimate of drug-likeness (QED) is 0.255. The Labute approximate surface area is 211 Å². The lowest BCUT2D eigenvalue weighted by atomic mass is 10.2. The van der Waals surface area contributed by atoms with E-state index in [0.29, 0.717) is 41.7 Å². The number of halogens is 4. The monoisotopic (exact) mass is 528 g/mol. The zero-order chi connectivity index (χ0) is 22.5. The zero-order valence-corrected chi connectivity index (χ0v) is 20.7. The van der Waals surface area contributed by atoms with Crippen LogP contribution in [0.4, 0.5) is 22.7 Å². The molecular formula is C21H16Cl4N4S2. The van der Waals surface area contributed by atoms with Gasteiger partial charge in [0.1, 0.15) is 0 Å². The van der Waals surface area contributed by atoms with Gasteiger partial charge < -0.3 is 21.3 Å². The fraction of sp³-hybridized carbons (Fsp3) is 0.0476. The summed E-state index contributed by atoms with van der Waals surface area (Å²) >= 11 is 34.9. The number of aryl methyl sites for hydroxylation is 1. The van der Waals surface area contributed by atoms with Crippen molar-refractivity contribution in [2.45, 2.75) is 6.92 Å². The van der Waals surface area contributed by atoms with Crippen LogP contribution in [0.5, 0.6) is 0 Å². The van der Waals surface area contributed by atoms with E-state index in [9.17, 15) is 0 Å². The van der Waals surface area contributed by atoms with Crippen molar-refractivity contribution in [3.63, 3.8) is 0 Å². The van der Waals surface area contributed by atoms with Gasteiger partial charge in [-0.2, -0.15) is 0 Å². The third-order valence-corrected chi connectivity index (χ3v) is 5.59. The van der Waals surface area contributed by atoms with Crippen molar-refractivity contribution in [1.29, 1.82) is 0 Å². The summed E-state index contributed by atoms with van der Waals surface area (Å²) in [5.74, 6) is 0. The van der Waals surface area contributed by atoms with Gasteiger partial charge in [-0.3, -0.25) is 0 Å². The molecule has 0 amide bonds. The molecule has 0 heterocycles. The van der Waals surface area contributed by atoms with Crippen LogP contribution in [0.2, 0.25) is 20.1 Å². The average molecular weight is 530 g/mol. The normalized spacial score (nSPS) is 10.4. The molecule has 0 aliphatic carbocycles. The summed E-state index contributed by atoms with van der Waals surface area (Å²) in [5.41, 5.74) is 3.94. The first-order valence-electron chi connectivity index (χ1n) is 8.88. The first-order chi connectivity index (χ1) is 14.7. The van der Waals surface area contributed by atoms with Crippen molar-refractivity contribution in [2.24, 2.45) is 0 Å². The van der Waals surface area contributed by atoms with E-state index in [0.717, 1.165) is 16.9 Å². The molecule has 0 radical (unpaired) electrons. The summed E-state index contributed by atoms with van der Waals surface area (Å²) in [6.07, 6.45) is 0. The minimum absolute atomic E-state index is 0.402. The van der Waals surface area contributed by atoms with Crippen molar-refractivity contribution >= 4 is 104 Å². The van der Waals surface area contributed by atoms with Crippen molar-refractivity contribution in [3.05, 3.63) is 80.3 Å². The highest BCUT2D eigenvalue weighted by molar-refractivity contribution is 7.81. The van der Waals surface area contributed by atoms with Gasteiger partial charge in [0.2, 0.25) is 0 Å². The van der Waals surface area contributed by atoms with Gasteiger partial charge in [0.05, 0.1) is 21.4 Å². The van der Waals surface area contributed by atoms with Crippen LogP contribution in [0.15, 0.2) is 54.6 Å². The molecule has 0 saturated carbocycles. The lowest BCUT2D eigenvalue weighted by Crippen LogP contribution is -2.21. The number of benzene rings is 3. The first-order valence-corrected chi connectivity index (χ1v) is 11.2. The summed E-state index contributed by atoms with van der Waals surface area (Å²) in [7, 11) is 0. The summed E-state index contributed by atoms with van der Waals surface area (Å²) in [5, 5.41) is 15.3. The summed E-state index contributed by atoms with van der Waals surface area (Å²) in [4.78, 5) is 0. The van der Waals surface area contributed by atoms with E-state index in [4.69, 9.17) is 70.8 Å². The zero-order valence-electron chi connectivity index (χ0n) is 16.0. The third kappa shape index (κ3) is 6.84. The van der Waals surface area contributed by atoms with Crippen molar-refractivity contribution < 1.29 is 0 Å². The van der Waals surface area contributed by atoms with Gasteiger partial charge in [-0.15, -0.1) is 0 Å². The average Bonchev–Trinajstić information content (AvgIpc) is 2.68. The topological polar surface area (TPSA) is 48.1 Å². The molecule has 0 fully saturated rings. The summed E-state index contributed by atoms with van der Waals surface area (Å²) in [6.45, 7) is 1.96. The Hall–Kier alpha value is -1.80. The fourth-order valence-electron chi connectivity index (χ4n) is 2.62. The van der Waals surface area contributed by atoms with E-state index in [1.807, 2.05) is 25.1 Å². The van der Waals surface area contributed by atoms with Gasteiger partial charge in [0.15, 0.2) is 10.2 Å². The van der Waals surface area contributed by atoms with Crippen molar-refractivity contribution in [2.75, 3.05) is 21.3 Å². The molecule has 160 valence electrons. The number of hydrogen-bond donors (Lipinski definition) is 4. The van der Waals surface area contributed by atoms with E-state index in [-0.39, 0.29) is 0 Å². The maximum atomic E-state index is 6.18. The van der Waals surface area contributed by atoms with Crippen molar-refractivity contribution in [1.82, 2.24) is 0 Å². The molecule has 0 unspecified atom stereocenters. The molecule has 4 N–H and O–H groups in total. The second-order valence-electron chi connectivity index (χ2n) is 6.44. The van der Waals surface area contributed by atoms with Gasteiger partial charge in [-0.25, -0.2) is 0 Å². The van der Waals surface area contributed by atoms with E-state index >= 15 is 0 Å². The molecule has 0 aliphatic heterocycles. The van der Waals surface area contributed by atoms with Crippen LogP contribution in [-0.4, -0.2) is 10.2 Å². The van der Waals surface area contributed by atoms with Crippen LogP contribution in [0.3, 0.4) is 0 Å². The largest absolute Gasteiger partial charge is 0.332 e. The van der Waals surface area contributed by atoms with Gasteiger partial charge >= 0.3 is 0 Å². The highest BCUT2D eigenvalue weighted by Gasteiger charge is 2.08. The van der Waals surface area contributed by atoms with Crippen LogP contribution in [0.25, 0.3) is 0 Å². The molecule has 0 saturated heterocycles. The standard InChI is InChI=1S/C21H16Cl4N4S2/c1-11-8-14(26-20(30)28-18-5-2-12(22)9-15(18)24)4-7-17(11)27-21(31)29-19-6-3-13(23)10-16(19)25/h2-10H,1H3,(H2,26,28,30)(H2,27,29,31). The van der Waals surface area contributed by atoms with Crippen LogP contribution < -0.4 is 21.3 Å². The first kappa shape index (κ1) is 23.9. The Balaban J connectivity index is 1.61. The van der Waals surface area contributed by atoms with Gasteiger partial charge in [0.25, 0.3) is 0 Å². The van der Waals surface area contributed by atoms with Gasteiger partial charge in [-0.05, 0) is 91.5 Å². The summed E-state index contributed by atoms with van der Waals surface area (Å²) < 4.78 is 0. The molecule has 31 heavy (non-hydrogen) atoms. The number of thiocarbonyl (C=S) groups is 2. The van der Waals surface area contributed by atoms with Gasteiger partial charge in [-0.1, -0.05) is 46.4 Å². The molecule has 0 aromatic heterocycles. The molecular weight excluding hydrogens is 514 g/mol. The SMILES string of the molecule is Cc1cc(NC(=S)Nc2ccc(Cl)cc2Cl)ccc1NC(=S)Nc1ccc(Cl)cc1Cl. The highest BCUT2D eigenvalue weighted by atomic mass is 35.5. The minimum Gasteiger partial charge on any atom is -0.332 e. The molecule has 0 spiro atoms. The third-order valence-electron chi connectivity index (χ3n) is 4.09. The molecule has 0 atom stereocenters. The smallest absolute Gasteiger partial charge is 0.175 e. The Morgan fingerprint density at radius 1 is 0.613 bits per heavy atom. The Kier molecular flexibility index (Phi) is 8.22. The van der Waals surface area contributed by atoms with E-state index in [1.54, 1.807) is 36.4 Å². The maximum Gasteiger partial charge on any atom is 0.175 e. The lowest BCUT2D eigenvalue weighted by molar-refractivity contribution is 1.45. The molecule has 3 aromatic carbocycles. The molecule has 4 nitrogen and oxygen atoms in total. The van der Waals surface area contributed by atoms with Crippen LogP contribution >= 0.6 is 70.8 Å².